The van der Waals surface area contributed by atoms with Crippen molar-refractivity contribution in [2.45, 2.75) is 18.6 Å². The van der Waals surface area contributed by atoms with Gasteiger partial charge in [0, 0.05) is 12.6 Å². The Bertz CT molecular complexity index is 708. The minimum atomic E-state index is -1.16. The van der Waals surface area contributed by atoms with E-state index in [1.807, 2.05) is 24.3 Å². The number of nitrogens with zero attached hydrogens (tertiary/aromatic N) is 2. The fourth-order valence-corrected chi connectivity index (χ4v) is 2.66. The Balaban J connectivity index is 1.97. The average molecular weight is 306 g/mol. The van der Waals surface area contributed by atoms with E-state index in [1.165, 1.54) is 0 Å². The van der Waals surface area contributed by atoms with Crippen molar-refractivity contribution in [3.8, 4) is 0 Å². The number of hydrogen-bond acceptors (Lipinski definition) is 5. The number of aliphatic hydroxyl groups excluding tert-OH is 1. The van der Waals surface area contributed by atoms with Gasteiger partial charge in [0.1, 0.15) is 11.4 Å². The van der Waals surface area contributed by atoms with Crippen molar-refractivity contribution in [2.75, 3.05) is 5.32 Å². The van der Waals surface area contributed by atoms with Gasteiger partial charge < -0.3 is 15.5 Å². The molecule has 0 spiro atoms. The number of carboxylic acids is 1. The van der Waals surface area contributed by atoms with Gasteiger partial charge in [0.05, 0.1) is 12.1 Å². The SMILES string of the molecule is O=C(O)c1cnc(Cl)nc1N[C@H]1c2ccccc2C[C@H]1O. The van der Waals surface area contributed by atoms with Crippen molar-refractivity contribution < 1.29 is 15.0 Å². The van der Waals surface area contributed by atoms with Gasteiger partial charge in [-0.3, -0.25) is 0 Å². The van der Waals surface area contributed by atoms with E-state index in [2.05, 4.69) is 15.3 Å². The second-order valence-corrected chi connectivity index (χ2v) is 5.14. The summed E-state index contributed by atoms with van der Waals surface area (Å²) >= 11 is 5.73. The number of aromatic carboxylic acids is 1. The molecule has 1 aliphatic carbocycles. The van der Waals surface area contributed by atoms with Crippen LogP contribution in [0, 0.1) is 0 Å². The predicted molar refractivity (Wildman–Crippen MR) is 76.5 cm³/mol. The zero-order chi connectivity index (χ0) is 15.0. The molecule has 0 saturated carbocycles. The standard InChI is InChI=1S/C14H12ClN3O3/c15-14-16-6-9(13(20)21)12(18-14)17-11-8-4-2-1-3-7(8)5-10(11)19/h1-4,6,10-11,19H,5H2,(H,20,21)(H,16,17,18)/t10-,11+/m1/s1. The van der Waals surface area contributed by atoms with Crippen LogP contribution in [0.1, 0.15) is 27.5 Å². The second kappa shape index (κ2) is 5.31. The maximum atomic E-state index is 11.2. The summed E-state index contributed by atoms with van der Waals surface area (Å²) in [6.07, 6.45) is 1.00. The maximum Gasteiger partial charge on any atom is 0.341 e. The van der Waals surface area contributed by atoms with Crippen LogP contribution in [0.4, 0.5) is 5.82 Å². The van der Waals surface area contributed by atoms with Gasteiger partial charge in [-0.05, 0) is 22.7 Å². The predicted octanol–water partition coefficient (Wildman–Crippen LogP) is 1.90. The molecular weight excluding hydrogens is 294 g/mol. The van der Waals surface area contributed by atoms with Crippen LogP contribution in [0.15, 0.2) is 30.5 Å². The minimum Gasteiger partial charge on any atom is -0.477 e. The first-order valence-corrected chi connectivity index (χ1v) is 6.72. The van der Waals surface area contributed by atoms with Crippen LogP contribution in [0.25, 0.3) is 0 Å². The zero-order valence-corrected chi connectivity index (χ0v) is 11.6. The van der Waals surface area contributed by atoms with Crippen LogP contribution < -0.4 is 5.32 Å². The highest BCUT2D eigenvalue weighted by atomic mass is 35.5. The smallest absolute Gasteiger partial charge is 0.341 e. The number of carbonyl (C=O) groups is 1. The Labute approximate surface area is 125 Å². The van der Waals surface area contributed by atoms with Gasteiger partial charge in [0.2, 0.25) is 5.28 Å². The molecule has 3 N–H and O–H groups in total. The second-order valence-electron chi connectivity index (χ2n) is 4.80. The molecule has 6 nitrogen and oxygen atoms in total. The van der Waals surface area contributed by atoms with E-state index >= 15 is 0 Å². The highest BCUT2D eigenvalue weighted by Crippen LogP contribution is 2.34. The molecule has 3 rings (SSSR count). The Morgan fingerprint density at radius 3 is 2.90 bits per heavy atom. The fourth-order valence-electron chi connectivity index (χ4n) is 2.52. The molecule has 0 fully saturated rings. The van der Waals surface area contributed by atoms with E-state index < -0.39 is 18.1 Å². The Morgan fingerprint density at radius 1 is 1.38 bits per heavy atom. The molecule has 1 heterocycles. The number of aromatic nitrogens is 2. The maximum absolute atomic E-state index is 11.2. The summed E-state index contributed by atoms with van der Waals surface area (Å²) < 4.78 is 0. The highest BCUT2D eigenvalue weighted by Gasteiger charge is 2.32. The fraction of sp³-hybridized carbons (Fsp3) is 0.214. The number of nitrogens with one attached hydrogen (secondary N) is 1. The van der Waals surface area contributed by atoms with E-state index in [0.29, 0.717) is 6.42 Å². The van der Waals surface area contributed by atoms with E-state index in [4.69, 9.17) is 16.7 Å². The summed E-state index contributed by atoms with van der Waals surface area (Å²) in [6, 6.07) is 7.18. The van der Waals surface area contributed by atoms with Crippen molar-refractivity contribution >= 4 is 23.4 Å². The van der Waals surface area contributed by atoms with Gasteiger partial charge in [0.25, 0.3) is 0 Å². The zero-order valence-electron chi connectivity index (χ0n) is 10.8. The van der Waals surface area contributed by atoms with Crippen molar-refractivity contribution in [1.29, 1.82) is 0 Å². The van der Waals surface area contributed by atoms with Crippen LogP contribution in [0.3, 0.4) is 0 Å². The van der Waals surface area contributed by atoms with Gasteiger partial charge in [-0.2, -0.15) is 4.98 Å². The Kier molecular flexibility index (Phi) is 3.48. The summed E-state index contributed by atoms with van der Waals surface area (Å²) in [7, 11) is 0. The number of benzene rings is 1. The van der Waals surface area contributed by atoms with Crippen LogP contribution in [-0.2, 0) is 6.42 Å². The third-order valence-corrected chi connectivity index (χ3v) is 3.67. The lowest BCUT2D eigenvalue weighted by atomic mass is 10.1. The Hall–Kier alpha value is -2.18. The van der Waals surface area contributed by atoms with E-state index in [0.717, 1.165) is 17.3 Å². The van der Waals surface area contributed by atoms with E-state index in [1.54, 1.807) is 0 Å². The summed E-state index contributed by atoms with van der Waals surface area (Å²) in [5.74, 6) is -1.06. The van der Waals surface area contributed by atoms with Crippen LogP contribution >= 0.6 is 11.6 Å². The van der Waals surface area contributed by atoms with Crippen molar-refractivity contribution in [2.24, 2.45) is 0 Å². The van der Waals surface area contributed by atoms with Gasteiger partial charge in [0.15, 0.2) is 0 Å². The molecule has 7 heteroatoms. The van der Waals surface area contributed by atoms with E-state index in [9.17, 15) is 9.90 Å². The summed E-state index contributed by atoms with van der Waals surface area (Å²) in [5, 5.41) is 22.3. The van der Waals surface area contributed by atoms with E-state index in [-0.39, 0.29) is 16.7 Å². The number of rotatable bonds is 3. The first kappa shape index (κ1) is 13.8. The van der Waals surface area contributed by atoms with Crippen LogP contribution in [-0.4, -0.2) is 32.3 Å². The molecule has 0 amide bonds. The lowest BCUT2D eigenvalue weighted by molar-refractivity contribution is 0.0696. The molecular formula is C14H12ClN3O3. The largest absolute Gasteiger partial charge is 0.477 e. The average Bonchev–Trinajstić information content (AvgIpc) is 2.75. The van der Waals surface area contributed by atoms with Gasteiger partial charge in [-0.15, -0.1) is 0 Å². The van der Waals surface area contributed by atoms with Crippen molar-refractivity contribution in [3.63, 3.8) is 0 Å². The molecule has 0 unspecified atom stereocenters. The summed E-state index contributed by atoms with van der Waals surface area (Å²) in [6.45, 7) is 0. The molecule has 2 atom stereocenters. The van der Waals surface area contributed by atoms with Gasteiger partial charge >= 0.3 is 5.97 Å². The van der Waals surface area contributed by atoms with Gasteiger partial charge in [-0.25, -0.2) is 9.78 Å². The molecule has 2 aromatic rings. The molecule has 0 radical (unpaired) electrons. The molecule has 0 saturated heterocycles. The summed E-state index contributed by atoms with van der Waals surface area (Å²) in [4.78, 5) is 18.8. The quantitative estimate of drug-likeness (QED) is 0.750. The normalized spacial score (nSPS) is 20.1. The number of hydrogen-bond donors (Lipinski definition) is 3. The highest BCUT2D eigenvalue weighted by molar-refractivity contribution is 6.28. The topological polar surface area (TPSA) is 95.3 Å². The number of aliphatic hydroxyl groups is 1. The molecule has 1 aromatic heterocycles. The number of carboxylic acid groups (broad SMARTS) is 1. The first-order chi connectivity index (χ1) is 10.1. The molecule has 0 bridgehead atoms. The number of anilines is 1. The van der Waals surface area contributed by atoms with Crippen LogP contribution in [0.5, 0.6) is 0 Å². The molecule has 1 aliphatic rings. The monoisotopic (exact) mass is 305 g/mol. The number of fused-ring (bicyclic) bond motifs is 1. The third-order valence-electron chi connectivity index (χ3n) is 3.49. The van der Waals surface area contributed by atoms with Gasteiger partial charge in [-0.1, -0.05) is 24.3 Å². The molecule has 1 aromatic carbocycles. The lowest BCUT2D eigenvalue weighted by Gasteiger charge is -2.19. The Morgan fingerprint density at radius 2 is 2.14 bits per heavy atom. The minimum absolute atomic E-state index is 0.0525. The van der Waals surface area contributed by atoms with Crippen LogP contribution in [0.2, 0.25) is 5.28 Å². The van der Waals surface area contributed by atoms with Crippen molar-refractivity contribution in [1.82, 2.24) is 9.97 Å². The molecule has 21 heavy (non-hydrogen) atoms. The molecule has 108 valence electrons. The third kappa shape index (κ3) is 2.55. The van der Waals surface area contributed by atoms with Crippen molar-refractivity contribution in [3.05, 3.63) is 52.4 Å². The lowest BCUT2D eigenvalue weighted by Crippen LogP contribution is -2.23. The molecule has 0 aliphatic heterocycles. The number of halogens is 1. The first-order valence-electron chi connectivity index (χ1n) is 6.34. The summed E-state index contributed by atoms with van der Waals surface area (Å²) in [5.41, 5.74) is 1.87.